The molecule has 0 unspecified atom stereocenters. The fourth-order valence-electron chi connectivity index (χ4n) is 3.20. The molecule has 3 fully saturated rings. The number of nitrogens with zero attached hydrogens (tertiary/aromatic N) is 2. The van der Waals surface area contributed by atoms with Crippen LogP contribution in [0.25, 0.3) is 0 Å². The fourth-order valence-corrected chi connectivity index (χ4v) is 4.83. The van der Waals surface area contributed by atoms with Crippen LogP contribution in [0, 0.1) is 5.92 Å². The highest BCUT2D eigenvalue weighted by Gasteiger charge is 2.57. The Morgan fingerprint density at radius 1 is 1.33 bits per heavy atom. The van der Waals surface area contributed by atoms with E-state index in [1.807, 2.05) is 0 Å². The van der Waals surface area contributed by atoms with Crippen LogP contribution >= 0.6 is 0 Å². The van der Waals surface area contributed by atoms with Crippen LogP contribution in [0.15, 0.2) is 29.2 Å². The van der Waals surface area contributed by atoms with E-state index >= 15 is 0 Å². The van der Waals surface area contributed by atoms with Crippen molar-refractivity contribution in [3.05, 3.63) is 24.3 Å². The van der Waals surface area contributed by atoms with Crippen LogP contribution < -0.4 is 4.74 Å². The summed E-state index contributed by atoms with van der Waals surface area (Å²) in [5.74, 6) is 0.996. The Hall–Kier alpha value is -1.64. The van der Waals surface area contributed by atoms with Gasteiger partial charge in [-0.3, -0.25) is 9.63 Å². The second-order valence-electron chi connectivity index (χ2n) is 6.80. The monoisotopic (exact) mass is 352 g/mol. The van der Waals surface area contributed by atoms with Crippen molar-refractivity contribution in [3.8, 4) is 5.75 Å². The Morgan fingerprint density at radius 3 is 2.75 bits per heavy atom. The standard InChI is InChI=1S/C16H20N2O5S/c1-22-13-3-2-4-14(7-13)24(20,21)17-10-16(11-17)8-15(19)18(23-16)9-12-5-6-12/h2-4,7,12H,5-6,8-11H2,1H3. The maximum absolute atomic E-state index is 12.7. The Labute approximate surface area is 141 Å². The van der Waals surface area contributed by atoms with Crippen molar-refractivity contribution >= 4 is 15.9 Å². The molecule has 2 saturated heterocycles. The number of carbonyl (C=O) groups is 1. The molecule has 4 rings (SSSR count). The van der Waals surface area contributed by atoms with Gasteiger partial charge in [0.05, 0.1) is 25.0 Å². The van der Waals surface area contributed by atoms with Crippen LogP contribution in [-0.4, -0.2) is 56.0 Å². The number of benzene rings is 1. The molecular formula is C16H20N2O5S. The first-order valence-electron chi connectivity index (χ1n) is 8.06. The Kier molecular flexibility index (Phi) is 3.59. The number of rotatable bonds is 5. The molecule has 0 bridgehead atoms. The molecule has 1 amide bonds. The maximum atomic E-state index is 12.7. The van der Waals surface area contributed by atoms with E-state index in [9.17, 15) is 13.2 Å². The van der Waals surface area contributed by atoms with E-state index in [0.29, 0.717) is 18.2 Å². The van der Waals surface area contributed by atoms with Crippen molar-refractivity contribution in [2.24, 2.45) is 5.92 Å². The van der Waals surface area contributed by atoms with E-state index < -0.39 is 15.6 Å². The molecule has 0 atom stereocenters. The SMILES string of the molecule is COc1cccc(S(=O)(=O)N2CC3(CC(=O)N(CC4CC4)O3)C2)c1. The quantitative estimate of drug-likeness (QED) is 0.791. The first kappa shape index (κ1) is 15.9. The molecule has 24 heavy (non-hydrogen) atoms. The number of amides is 1. The number of carbonyl (C=O) groups excluding carboxylic acids is 1. The van der Waals surface area contributed by atoms with Crippen LogP contribution in [0.3, 0.4) is 0 Å². The summed E-state index contributed by atoms with van der Waals surface area (Å²) >= 11 is 0. The molecule has 1 aliphatic carbocycles. The van der Waals surface area contributed by atoms with Gasteiger partial charge in [0.2, 0.25) is 15.9 Å². The largest absolute Gasteiger partial charge is 0.497 e. The molecule has 0 radical (unpaired) electrons. The first-order valence-corrected chi connectivity index (χ1v) is 9.50. The lowest BCUT2D eigenvalue weighted by Crippen LogP contribution is -2.63. The van der Waals surface area contributed by atoms with E-state index in [2.05, 4.69) is 0 Å². The van der Waals surface area contributed by atoms with E-state index in [-0.39, 0.29) is 30.3 Å². The third-order valence-electron chi connectivity index (χ3n) is 4.78. The van der Waals surface area contributed by atoms with Gasteiger partial charge in [-0.25, -0.2) is 13.5 Å². The maximum Gasteiger partial charge on any atom is 0.249 e. The van der Waals surface area contributed by atoms with Gasteiger partial charge in [0.25, 0.3) is 0 Å². The average Bonchev–Trinajstić information content (AvgIpc) is 3.28. The zero-order valence-electron chi connectivity index (χ0n) is 13.5. The van der Waals surface area contributed by atoms with Crippen molar-refractivity contribution < 1.29 is 22.8 Å². The summed E-state index contributed by atoms with van der Waals surface area (Å²) in [5.41, 5.74) is -0.683. The predicted octanol–water partition coefficient (Wildman–Crippen LogP) is 1.01. The third kappa shape index (κ3) is 2.68. The van der Waals surface area contributed by atoms with Gasteiger partial charge in [-0.2, -0.15) is 4.31 Å². The molecule has 1 saturated carbocycles. The van der Waals surface area contributed by atoms with Crippen molar-refractivity contribution in [1.29, 1.82) is 0 Å². The highest BCUT2D eigenvalue weighted by molar-refractivity contribution is 7.89. The lowest BCUT2D eigenvalue weighted by atomic mass is 9.94. The summed E-state index contributed by atoms with van der Waals surface area (Å²) in [6, 6.07) is 6.39. The van der Waals surface area contributed by atoms with Crippen LogP contribution in [0.2, 0.25) is 0 Å². The van der Waals surface area contributed by atoms with E-state index in [4.69, 9.17) is 9.57 Å². The molecule has 1 spiro atoms. The summed E-state index contributed by atoms with van der Waals surface area (Å²) in [4.78, 5) is 18.1. The van der Waals surface area contributed by atoms with Crippen molar-refractivity contribution in [1.82, 2.24) is 9.37 Å². The zero-order valence-corrected chi connectivity index (χ0v) is 14.3. The number of hydroxylamine groups is 2. The van der Waals surface area contributed by atoms with Crippen molar-refractivity contribution in [2.75, 3.05) is 26.7 Å². The molecule has 3 aliphatic rings. The molecule has 2 heterocycles. The van der Waals surface area contributed by atoms with Gasteiger partial charge >= 0.3 is 0 Å². The minimum Gasteiger partial charge on any atom is -0.497 e. The number of methoxy groups -OCH3 is 1. The molecular weight excluding hydrogens is 332 g/mol. The number of hydrogen-bond acceptors (Lipinski definition) is 5. The van der Waals surface area contributed by atoms with Gasteiger partial charge < -0.3 is 4.74 Å². The molecule has 1 aromatic rings. The van der Waals surface area contributed by atoms with Crippen molar-refractivity contribution in [3.63, 3.8) is 0 Å². The minimum absolute atomic E-state index is 0.0414. The van der Waals surface area contributed by atoms with E-state index in [1.54, 1.807) is 18.2 Å². The minimum atomic E-state index is -3.60. The second kappa shape index (κ2) is 5.44. The molecule has 0 aromatic heterocycles. The third-order valence-corrected chi connectivity index (χ3v) is 6.57. The smallest absolute Gasteiger partial charge is 0.249 e. The second-order valence-corrected chi connectivity index (χ2v) is 8.74. The predicted molar refractivity (Wildman–Crippen MR) is 84.6 cm³/mol. The highest BCUT2D eigenvalue weighted by atomic mass is 32.2. The highest BCUT2D eigenvalue weighted by Crippen LogP contribution is 2.40. The Morgan fingerprint density at radius 2 is 2.08 bits per heavy atom. The fraction of sp³-hybridized carbons (Fsp3) is 0.562. The summed E-state index contributed by atoms with van der Waals surface area (Å²) in [5, 5.41) is 1.44. The number of ether oxygens (including phenoxy) is 1. The van der Waals surface area contributed by atoms with Crippen LogP contribution in [0.1, 0.15) is 19.3 Å². The Balaban J connectivity index is 1.45. The van der Waals surface area contributed by atoms with E-state index in [1.165, 1.54) is 22.5 Å². The topological polar surface area (TPSA) is 76.2 Å². The zero-order chi connectivity index (χ0) is 16.9. The summed E-state index contributed by atoms with van der Waals surface area (Å²) < 4.78 is 31.8. The molecule has 1 aromatic carbocycles. The van der Waals surface area contributed by atoms with Crippen LogP contribution in [0.4, 0.5) is 0 Å². The lowest BCUT2D eigenvalue weighted by molar-refractivity contribution is -0.225. The van der Waals surface area contributed by atoms with Gasteiger partial charge in [0, 0.05) is 19.2 Å². The van der Waals surface area contributed by atoms with Crippen LogP contribution in [-0.2, 0) is 19.7 Å². The Bertz CT molecular complexity index is 768. The summed E-state index contributed by atoms with van der Waals surface area (Å²) in [6.45, 7) is 1.04. The van der Waals surface area contributed by atoms with Gasteiger partial charge in [0.1, 0.15) is 11.4 Å². The van der Waals surface area contributed by atoms with E-state index in [0.717, 1.165) is 12.8 Å². The van der Waals surface area contributed by atoms with Gasteiger partial charge in [-0.05, 0) is 30.9 Å². The van der Waals surface area contributed by atoms with Gasteiger partial charge in [-0.1, -0.05) is 6.07 Å². The summed E-state index contributed by atoms with van der Waals surface area (Å²) in [6.07, 6.45) is 2.52. The first-order chi connectivity index (χ1) is 11.4. The lowest BCUT2D eigenvalue weighted by Gasteiger charge is -2.44. The van der Waals surface area contributed by atoms with Gasteiger partial charge in [0.15, 0.2) is 0 Å². The number of sulfonamides is 1. The van der Waals surface area contributed by atoms with Gasteiger partial charge in [-0.15, -0.1) is 0 Å². The van der Waals surface area contributed by atoms with Crippen molar-refractivity contribution in [2.45, 2.75) is 29.8 Å². The summed E-state index contributed by atoms with van der Waals surface area (Å²) in [7, 11) is -2.10. The molecule has 0 N–H and O–H groups in total. The normalized spacial score (nSPS) is 23.5. The molecule has 130 valence electrons. The van der Waals surface area contributed by atoms with Crippen LogP contribution in [0.5, 0.6) is 5.75 Å². The molecule has 8 heteroatoms. The molecule has 2 aliphatic heterocycles. The molecule has 7 nitrogen and oxygen atoms in total. The average molecular weight is 352 g/mol. The number of hydrogen-bond donors (Lipinski definition) is 0.